The maximum Gasteiger partial charge on any atom is 0.339 e. The number of nitrogens with one attached hydrogen (secondary N) is 1. The minimum absolute atomic E-state index is 0.163. The molecule has 0 aliphatic carbocycles. The number of nitrogens with zero attached hydrogens (tertiary/aromatic N) is 2. The van der Waals surface area contributed by atoms with Crippen LogP contribution in [0.3, 0.4) is 0 Å². The van der Waals surface area contributed by atoms with Crippen molar-refractivity contribution in [2.45, 2.75) is 20.4 Å². The fraction of sp³-hybridized carbons (Fsp3) is 0.222. The molecule has 3 aromatic rings. The lowest BCUT2D eigenvalue weighted by Gasteiger charge is -2.10. The third kappa shape index (κ3) is 4.01. The molecule has 0 unspecified atom stereocenters. The van der Waals surface area contributed by atoms with Crippen LogP contribution in [0.15, 0.2) is 34.7 Å². The van der Waals surface area contributed by atoms with Crippen molar-refractivity contribution < 1.29 is 14.3 Å². The predicted molar refractivity (Wildman–Crippen MR) is 105 cm³/mol. The molecule has 0 aliphatic rings. The van der Waals surface area contributed by atoms with Crippen LogP contribution >= 0.6 is 22.9 Å². The highest BCUT2D eigenvalue weighted by Crippen LogP contribution is 2.22. The van der Waals surface area contributed by atoms with Crippen molar-refractivity contribution in [2.75, 3.05) is 11.9 Å². The van der Waals surface area contributed by atoms with Gasteiger partial charge in [0.2, 0.25) is 5.91 Å². The number of hydrogen-bond donors (Lipinski definition) is 1. The van der Waals surface area contributed by atoms with E-state index < -0.39 is 17.4 Å². The van der Waals surface area contributed by atoms with Crippen molar-refractivity contribution in [2.24, 2.45) is 0 Å². The van der Waals surface area contributed by atoms with Gasteiger partial charge in [-0.1, -0.05) is 11.6 Å². The molecule has 0 bridgehead atoms. The summed E-state index contributed by atoms with van der Waals surface area (Å²) >= 11 is 7.09. The molecule has 9 heteroatoms. The first-order valence-electron chi connectivity index (χ1n) is 8.10. The first kappa shape index (κ1) is 19.1. The molecule has 0 fully saturated rings. The van der Waals surface area contributed by atoms with Gasteiger partial charge >= 0.3 is 5.97 Å². The second-order valence-corrected chi connectivity index (χ2v) is 7.03. The fourth-order valence-electron chi connectivity index (χ4n) is 2.55. The molecule has 3 rings (SSSR count). The SMILES string of the molecule is CCOC(=O)c1csc2ncn(CC(=O)Nc3ccc(Cl)cc3C)c(=O)c12. The van der Waals surface area contributed by atoms with Gasteiger partial charge in [-0.15, -0.1) is 11.3 Å². The minimum atomic E-state index is -0.582. The molecule has 0 aliphatic heterocycles. The summed E-state index contributed by atoms with van der Waals surface area (Å²) in [4.78, 5) is 41.7. The zero-order chi connectivity index (χ0) is 19.6. The maximum absolute atomic E-state index is 12.7. The number of thiophene rings is 1. The summed E-state index contributed by atoms with van der Waals surface area (Å²) in [5.41, 5.74) is 1.11. The number of amides is 1. The highest BCUT2D eigenvalue weighted by Gasteiger charge is 2.19. The van der Waals surface area contributed by atoms with Crippen molar-refractivity contribution >= 4 is 50.7 Å². The van der Waals surface area contributed by atoms with Gasteiger partial charge in [0.25, 0.3) is 5.56 Å². The average Bonchev–Trinajstić information content (AvgIpc) is 3.05. The van der Waals surface area contributed by atoms with E-state index in [0.29, 0.717) is 15.5 Å². The quantitative estimate of drug-likeness (QED) is 0.658. The first-order chi connectivity index (χ1) is 12.9. The Morgan fingerprint density at radius 3 is 2.85 bits per heavy atom. The zero-order valence-electron chi connectivity index (χ0n) is 14.6. The number of halogens is 1. The van der Waals surface area contributed by atoms with Crippen LogP contribution in [-0.4, -0.2) is 28.0 Å². The Morgan fingerprint density at radius 1 is 1.37 bits per heavy atom. The molecule has 0 radical (unpaired) electrons. The van der Waals surface area contributed by atoms with Gasteiger partial charge in [0.1, 0.15) is 11.4 Å². The summed E-state index contributed by atoms with van der Waals surface area (Å²) in [7, 11) is 0. The molecular formula is C18H16ClN3O4S. The number of rotatable bonds is 5. The molecule has 27 heavy (non-hydrogen) atoms. The Bertz CT molecular complexity index is 1090. The van der Waals surface area contributed by atoms with Crippen LogP contribution < -0.4 is 10.9 Å². The third-order valence-electron chi connectivity index (χ3n) is 3.83. The van der Waals surface area contributed by atoms with Crippen LogP contribution in [0.4, 0.5) is 5.69 Å². The normalized spacial score (nSPS) is 10.8. The summed E-state index contributed by atoms with van der Waals surface area (Å²) < 4.78 is 6.14. The van der Waals surface area contributed by atoms with E-state index in [9.17, 15) is 14.4 Å². The monoisotopic (exact) mass is 405 g/mol. The summed E-state index contributed by atoms with van der Waals surface area (Å²) in [5, 5.41) is 5.01. The molecular weight excluding hydrogens is 390 g/mol. The number of fused-ring (bicyclic) bond motifs is 1. The molecule has 1 N–H and O–H groups in total. The average molecular weight is 406 g/mol. The van der Waals surface area contributed by atoms with E-state index in [1.807, 2.05) is 6.92 Å². The highest BCUT2D eigenvalue weighted by atomic mass is 35.5. The lowest BCUT2D eigenvalue weighted by atomic mass is 10.2. The van der Waals surface area contributed by atoms with E-state index in [1.54, 1.807) is 30.5 Å². The topological polar surface area (TPSA) is 90.3 Å². The molecule has 140 valence electrons. The van der Waals surface area contributed by atoms with Gasteiger partial charge in [0, 0.05) is 16.1 Å². The Morgan fingerprint density at radius 2 is 2.15 bits per heavy atom. The van der Waals surface area contributed by atoms with E-state index in [4.69, 9.17) is 16.3 Å². The zero-order valence-corrected chi connectivity index (χ0v) is 16.2. The molecule has 1 amide bonds. The number of carbonyl (C=O) groups is 2. The minimum Gasteiger partial charge on any atom is -0.462 e. The van der Waals surface area contributed by atoms with Crippen LogP contribution in [0.25, 0.3) is 10.2 Å². The van der Waals surface area contributed by atoms with Crippen LogP contribution in [-0.2, 0) is 16.1 Å². The second kappa shape index (κ2) is 7.89. The van der Waals surface area contributed by atoms with E-state index in [2.05, 4.69) is 10.3 Å². The smallest absolute Gasteiger partial charge is 0.339 e. The number of aryl methyl sites for hydroxylation is 1. The van der Waals surface area contributed by atoms with Gasteiger partial charge in [-0.25, -0.2) is 9.78 Å². The standard InChI is InChI=1S/C18H16ClN3O4S/c1-3-26-18(25)12-8-27-16-15(12)17(24)22(9-20-16)7-14(23)21-13-5-4-11(19)6-10(13)2/h4-6,8-9H,3,7H2,1-2H3,(H,21,23). The van der Waals surface area contributed by atoms with Gasteiger partial charge < -0.3 is 10.1 Å². The summed E-state index contributed by atoms with van der Waals surface area (Å²) in [6, 6.07) is 5.09. The van der Waals surface area contributed by atoms with E-state index in [0.717, 1.165) is 5.56 Å². The Balaban J connectivity index is 1.87. The molecule has 0 atom stereocenters. The third-order valence-corrected chi connectivity index (χ3v) is 4.95. The molecule has 1 aromatic carbocycles. The van der Waals surface area contributed by atoms with E-state index >= 15 is 0 Å². The van der Waals surface area contributed by atoms with Crippen molar-refractivity contribution in [3.8, 4) is 0 Å². The number of esters is 1. The number of carbonyl (C=O) groups excluding carboxylic acids is 2. The van der Waals surface area contributed by atoms with Crippen LogP contribution in [0.1, 0.15) is 22.8 Å². The summed E-state index contributed by atoms with van der Waals surface area (Å²) in [6.07, 6.45) is 1.30. The second-order valence-electron chi connectivity index (χ2n) is 5.74. The lowest BCUT2D eigenvalue weighted by Crippen LogP contribution is -2.28. The molecule has 0 saturated carbocycles. The summed E-state index contributed by atoms with van der Waals surface area (Å²) in [6.45, 7) is 3.47. The van der Waals surface area contributed by atoms with Gasteiger partial charge in [0.05, 0.1) is 23.9 Å². The molecule has 2 heterocycles. The van der Waals surface area contributed by atoms with Crippen LogP contribution in [0.2, 0.25) is 5.02 Å². The van der Waals surface area contributed by atoms with Crippen LogP contribution in [0, 0.1) is 6.92 Å². The maximum atomic E-state index is 12.7. The highest BCUT2D eigenvalue weighted by molar-refractivity contribution is 7.17. The number of ether oxygens (including phenoxy) is 1. The Labute approximate surface area is 163 Å². The van der Waals surface area contributed by atoms with Gasteiger partial charge in [-0.3, -0.25) is 14.2 Å². The first-order valence-corrected chi connectivity index (χ1v) is 9.36. The van der Waals surface area contributed by atoms with Crippen molar-refractivity contribution in [3.63, 3.8) is 0 Å². The van der Waals surface area contributed by atoms with Gasteiger partial charge in [-0.05, 0) is 37.6 Å². The van der Waals surface area contributed by atoms with Gasteiger partial charge in [0.15, 0.2) is 0 Å². The van der Waals surface area contributed by atoms with E-state index in [1.165, 1.54) is 22.2 Å². The van der Waals surface area contributed by atoms with Gasteiger partial charge in [-0.2, -0.15) is 0 Å². The fourth-order valence-corrected chi connectivity index (χ4v) is 3.64. The molecule has 0 spiro atoms. The molecule has 0 saturated heterocycles. The number of anilines is 1. The number of aromatic nitrogens is 2. The van der Waals surface area contributed by atoms with Crippen molar-refractivity contribution in [3.05, 3.63) is 56.4 Å². The Kier molecular flexibility index (Phi) is 5.57. The summed E-state index contributed by atoms with van der Waals surface area (Å²) in [5.74, 6) is -0.974. The van der Waals surface area contributed by atoms with Crippen molar-refractivity contribution in [1.29, 1.82) is 0 Å². The number of benzene rings is 1. The van der Waals surface area contributed by atoms with Crippen molar-refractivity contribution in [1.82, 2.24) is 9.55 Å². The predicted octanol–water partition coefficient (Wildman–Crippen LogP) is 3.24. The van der Waals surface area contributed by atoms with E-state index in [-0.39, 0.29) is 24.1 Å². The molecule has 7 nitrogen and oxygen atoms in total. The largest absolute Gasteiger partial charge is 0.462 e. The van der Waals surface area contributed by atoms with Crippen LogP contribution in [0.5, 0.6) is 0 Å². The lowest BCUT2D eigenvalue weighted by molar-refractivity contribution is -0.116. The Hall–Kier alpha value is -2.71. The molecule has 2 aromatic heterocycles. The number of hydrogen-bond acceptors (Lipinski definition) is 6.